The highest BCUT2D eigenvalue weighted by Gasteiger charge is 2.13. The van der Waals surface area contributed by atoms with Gasteiger partial charge in [0.15, 0.2) is 0 Å². The summed E-state index contributed by atoms with van der Waals surface area (Å²) in [5.74, 6) is -2.82. The average molecular weight is 279 g/mol. The van der Waals surface area contributed by atoms with Crippen molar-refractivity contribution in [2.24, 2.45) is 0 Å². The van der Waals surface area contributed by atoms with Crippen molar-refractivity contribution < 1.29 is 24.2 Å². The lowest BCUT2D eigenvalue weighted by atomic mass is 10.2. The number of phenolic OH excluding ortho intramolecular Hbond substituents is 1. The molecule has 20 heavy (non-hydrogen) atoms. The second-order valence-electron chi connectivity index (χ2n) is 3.94. The summed E-state index contributed by atoms with van der Waals surface area (Å²) in [5.41, 5.74) is 0.0101. The Bertz CT molecular complexity index is 668. The van der Waals surface area contributed by atoms with Gasteiger partial charge in [0.25, 0.3) is 5.91 Å². The molecule has 1 heterocycles. The Hall–Kier alpha value is -2.90. The summed E-state index contributed by atoms with van der Waals surface area (Å²) in [5, 5.41) is 24.2. The summed E-state index contributed by atoms with van der Waals surface area (Å²) < 4.78 is 14.1. The minimum atomic E-state index is -1.08. The zero-order chi connectivity index (χ0) is 14.7. The zero-order valence-corrected chi connectivity index (χ0v) is 10.1. The molecule has 3 N–H and O–H groups in total. The van der Waals surface area contributed by atoms with Crippen molar-refractivity contribution in [3.8, 4) is 5.75 Å². The Kier molecular flexibility index (Phi) is 3.65. The molecular formula is C12H10FN3O4. The number of aromatic hydroxyl groups is 1. The molecule has 8 heteroatoms. The smallest absolute Gasteiger partial charge is 0.325 e. The van der Waals surface area contributed by atoms with Crippen LogP contribution in [0.3, 0.4) is 0 Å². The van der Waals surface area contributed by atoms with E-state index in [-0.39, 0.29) is 23.5 Å². The zero-order valence-electron chi connectivity index (χ0n) is 10.1. The lowest BCUT2D eigenvalue weighted by Crippen LogP contribution is -2.12. The highest BCUT2D eigenvalue weighted by atomic mass is 19.1. The molecule has 0 aliphatic carbocycles. The van der Waals surface area contributed by atoms with Crippen LogP contribution in [0.2, 0.25) is 0 Å². The van der Waals surface area contributed by atoms with E-state index in [9.17, 15) is 19.1 Å². The Labute approximate surface area is 112 Å². The van der Waals surface area contributed by atoms with Crippen LogP contribution in [0.5, 0.6) is 5.75 Å². The van der Waals surface area contributed by atoms with Gasteiger partial charge in [-0.3, -0.25) is 14.3 Å². The molecule has 0 atom stereocenters. The van der Waals surface area contributed by atoms with Gasteiger partial charge in [-0.25, -0.2) is 4.39 Å². The predicted molar refractivity (Wildman–Crippen MR) is 65.9 cm³/mol. The van der Waals surface area contributed by atoms with E-state index in [1.165, 1.54) is 12.4 Å². The quantitative estimate of drug-likeness (QED) is 0.776. The van der Waals surface area contributed by atoms with Crippen LogP contribution in [0.15, 0.2) is 30.6 Å². The van der Waals surface area contributed by atoms with Gasteiger partial charge in [0, 0.05) is 6.20 Å². The highest BCUT2D eigenvalue weighted by Crippen LogP contribution is 2.19. The van der Waals surface area contributed by atoms with Crippen LogP contribution in [0.4, 0.5) is 10.1 Å². The number of hydrogen-bond acceptors (Lipinski definition) is 4. The number of phenols is 1. The molecule has 1 aromatic heterocycles. The normalized spacial score (nSPS) is 10.2. The van der Waals surface area contributed by atoms with E-state index < -0.39 is 17.7 Å². The third-order valence-electron chi connectivity index (χ3n) is 2.39. The monoisotopic (exact) mass is 279 g/mol. The first kappa shape index (κ1) is 13.5. The van der Waals surface area contributed by atoms with Gasteiger partial charge in [-0.15, -0.1) is 0 Å². The van der Waals surface area contributed by atoms with Gasteiger partial charge < -0.3 is 15.5 Å². The fourth-order valence-electron chi connectivity index (χ4n) is 1.54. The van der Waals surface area contributed by atoms with Crippen molar-refractivity contribution in [1.82, 2.24) is 9.78 Å². The van der Waals surface area contributed by atoms with Crippen LogP contribution in [0.25, 0.3) is 0 Å². The molecule has 2 rings (SSSR count). The number of benzene rings is 1. The van der Waals surface area contributed by atoms with Gasteiger partial charge in [0.1, 0.15) is 18.1 Å². The Morgan fingerprint density at radius 1 is 1.40 bits per heavy atom. The topological polar surface area (TPSA) is 104 Å². The van der Waals surface area contributed by atoms with Crippen LogP contribution in [0.1, 0.15) is 10.4 Å². The summed E-state index contributed by atoms with van der Waals surface area (Å²) in [7, 11) is 0. The molecule has 0 saturated carbocycles. The first-order valence-corrected chi connectivity index (χ1v) is 5.50. The number of carbonyl (C=O) groups is 2. The Morgan fingerprint density at radius 2 is 2.15 bits per heavy atom. The van der Waals surface area contributed by atoms with Crippen molar-refractivity contribution >= 4 is 17.6 Å². The maximum atomic E-state index is 13.0. The van der Waals surface area contributed by atoms with Gasteiger partial charge >= 0.3 is 5.97 Å². The lowest BCUT2D eigenvalue weighted by Gasteiger charge is -2.04. The number of halogens is 1. The molecule has 1 amide bonds. The van der Waals surface area contributed by atoms with Crippen molar-refractivity contribution in [3.63, 3.8) is 0 Å². The maximum absolute atomic E-state index is 13.0. The van der Waals surface area contributed by atoms with Gasteiger partial charge in [-0.1, -0.05) is 0 Å². The largest absolute Gasteiger partial charge is 0.507 e. The first-order chi connectivity index (χ1) is 9.45. The lowest BCUT2D eigenvalue weighted by molar-refractivity contribution is -0.137. The standard InChI is InChI=1S/C12H10FN3O4/c13-7-1-2-10(17)9(3-7)12(20)15-8-4-14-16(5-8)6-11(18)19/h1-5,17H,6H2,(H,15,20)(H,18,19). The molecule has 0 aliphatic rings. The molecular weight excluding hydrogens is 269 g/mol. The fourth-order valence-corrected chi connectivity index (χ4v) is 1.54. The SMILES string of the molecule is O=C(O)Cn1cc(NC(=O)c2cc(F)ccc2O)cn1. The minimum absolute atomic E-state index is 0.226. The summed E-state index contributed by atoms with van der Waals surface area (Å²) in [4.78, 5) is 22.3. The predicted octanol–water partition coefficient (Wildman–Crippen LogP) is 1.06. The van der Waals surface area contributed by atoms with Gasteiger partial charge in [-0.05, 0) is 18.2 Å². The highest BCUT2D eigenvalue weighted by molar-refractivity contribution is 6.06. The van der Waals surface area contributed by atoms with E-state index in [1.54, 1.807) is 0 Å². The third-order valence-corrected chi connectivity index (χ3v) is 2.39. The minimum Gasteiger partial charge on any atom is -0.507 e. The number of nitrogens with zero attached hydrogens (tertiary/aromatic N) is 2. The summed E-state index contributed by atoms with van der Waals surface area (Å²) >= 11 is 0. The van der Waals surface area contributed by atoms with E-state index in [2.05, 4.69) is 10.4 Å². The number of aliphatic carboxylic acids is 1. The number of carbonyl (C=O) groups excluding carboxylic acids is 1. The second-order valence-corrected chi connectivity index (χ2v) is 3.94. The Morgan fingerprint density at radius 3 is 2.85 bits per heavy atom. The molecule has 0 radical (unpaired) electrons. The fraction of sp³-hybridized carbons (Fsp3) is 0.0833. The molecule has 1 aromatic carbocycles. The van der Waals surface area contributed by atoms with Crippen LogP contribution in [-0.4, -0.2) is 31.9 Å². The van der Waals surface area contributed by atoms with Crippen LogP contribution in [-0.2, 0) is 11.3 Å². The molecule has 0 aliphatic heterocycles. The van der Waals surface area contributed by atoms with Crippen molar-refractivity contribution in [2.45, 2.75) is 6.54 Å². The van der Waals surface area contributed by atoms with Gasteiger partial charge in [0.2, 0.25) is 0 Å². The van der Waals surface area contributed by atoms with Crippen molar-refractivity contribution in [3.05, 3.63) is 42.0 Å². The molecule has 0 spiro atoms. The second kappa shape index (κ2) is 5.39. The number of aromatic nitrogens is 2. The molecule has 0 fully saturated rings. The molecule has 0 unspecified atom stereocenters. The molecule has 7 nitrogen and oxygen atoms in total. The van der Waals surface area contributed by atoms with Gasteiger partial charge in [-0.2, -0.15) is 5.10 Å². The van der Waals surface area contributed by atoms with E-state index in [4.69, 9.17) is 5.11 Å². The third kappa shape index (κ3) is 3.10. The molecule has 104 valence electrons. The molecule has 0 saturated heterocycles. The summed E-state index contributed by atoms with van der Waals surface area (Å²) in [6.45, 7) is -0.346. The van der Waals surface area contributed by atoms with E-state index in [1.807, 2.05) is 0 Å². The van der Waals surface area contributed by atoms with Crippen molar-refractivity contribution in [2.75, 3.05) is 5.32 Å². The number of anilines is 1. The van der Waals surface area contributed by atoms with Crippen LogP contribution in [0, 0.1) is 5.82 Å². The number of rotatable bonds is 4. The first-order valence-electron chi connectivity index (χ1n) is 5.50. The Balaban J connectivity index is 2.13. The number of amides is 1. The van der Waals surface area contributed by atoms with Crippen LogP contribution < -0.4 is 5.32 Å². The van der Waals surface area contributed by atoms with Crippen LogP contribution >= 0.6 is 0 Å². The van der Waals surface area contributed by atoms with Crippen molar-refractivity contribution in [1.29, 1.82) is 0 Å². The number of carboxylic acids is 1. The molecule has 0 bridgehead atoms. The number of carboxylic acid groups (broad SMARTS) is 1. The summed E-state index contributed by atoms with van der Waals surface area (Å²) in [6, 6.07) is 2.99. The maximum Gasteiger partial charge on any atom is 0.325 e. The average Bonchev–Trinajstić information content (AvgIpc) is 2.78. The number of hydrogen-bond donors (Lipinski definition) is 3. The molecule has 2 aromatic rings. The summed E-state index contributed by atoms with van der Waals surface area (Å²) in [6.07, 6.45) is 2.56. The van der Waals surface area contributed by atoms with E-state index >= 15 is 0 Å². The van der Waals surface area contributed by atoms with E-state index in [0.29, 0.717) is 0 Å². The van der Waals surface area contributed by atoms with E-state index in [0.717, 1.165) is 22.9 Å². The number of nitrogens with one attached hydrogen (secondary N) is 1. The van der Waals surface area contributed by atoms with Gasteiger partial charge in [0.05, 0.1) is 17.4 Å².